The zero-order chi connectivity index (χ0) is 9.60. The molecule has 3 fully saturated rings. The number of rotatable bonds is 1. The van der Waals surface area contributed by atoms with Crippen molar-refractivity contribution in [1.82, 2.24) is 5.32 Å². The van der Waals surface area contributed by atoms with Crippen molar-refractivity contribution in [2.75, 3.05) is 13.1 Å². The molecule has 1 spiro atoms. The van der Waals surface area contributed by atoms with Crippen LogP contribution in [0, 0.1) is 11.3 Å². The van der Waals surface area contributed by atoms with Gasteiger partial charge in [-0.3, -0.25) is 4.79 Å². The first kappa shape index (κ1) is 8.72. The summed E-state index contributed by atoms with van der Waals surface area (Å²) in [6, 6.07) is 0. The minimum Gasteiger partial charge on any atom is -0.462 e. The average molecular weight is 195 g/mol. The van der Waals surface area contributed by atoms with E-state index in [1.54, 1.807) is 0 Å². The molecule has 3 heteroatoms. The van der Waals surface area contributed by atoms with Gasteiger partial charge >= 0.3 is 5.97 Å². The van der Waals surface area contributed by atoms with Crippen LogP contribution in [0.15, 0.2) is 0 Å². The Morgan fingerprint density at radius 3 is 2.64 bits per heavy atom. The highest BCUT2D eigenvalue weighted by Crippen LogP contribution is 2.48. The number of hydrogen-bond donors (Lipinski definition) is 1. The van der Waals surface area contributed by atoms with Crippen molar-refractivity contribution in [3.8, 4) is 0 Å². The molecular weight excluding hydrogens is 178 g/mol. The van der Waals surface area contributed by atoms with Crippen LogP contribution in [0.25, 0.3) is 0 Å². The summed E-state index contributed by atoms with van der Waals surface area (Å²) in [5.41, 5.74) is -0.0987. The molecule has 2 heterocycles. The maximum Gasteiger partial charge on any atom is 0.312 e. The number of nitrogens with one attached hydrogen (secondary N) is 1. The molecule has 1 saturated carbocycles. The van der Waals surface area contributed by atoms with E-state index in [4.69, 9.17) is 4.74 Å². The summed E-state index contributed by atoms with van der Waals surface area (Å²) in [7, 11) is 0. The number of hydrogen-bond acceptors (Lipinski definition) is 3. The molecule has 1 N–H and O–H groups in total. The highest BCUT2D eigenvalue weighted by Gasteiger charge is 2.52. The molecule has 3 nitrogen and oxygen atoms in total. The molecule has 3 aliphatic rings. The van der Waals surface area contributed by atoms with Crippen LogP contribution in [0.5, 0.6) is 0 Å². The van der Waals surface area contributed by atoms with E-state index in [0.717, 1.165) is 32.4 Å². The third kappa shape index (κ3) is 1.26. The van der Waals surface area contributed by atoms with Crippen molar-refractivity contribution in [3.05, 3.63) is 0 Å². The standard InChI is InChI=1S/C11H17NO2/c13-10-11(3-5-12-6-4-11)7-9(14-10)8-1-2-8/h8-9,12H,1-7H2/t9-/m0/s1. The summed E-state index contributed by atoms with van der Waals surface area (Å²) in [5, 5.41) is 3.31. The van der Waals surface area contributed by atoms with Crippen molar-refractivity contribution in [2.45, 2.75) is 38.2 Å². The fourth-order valence-corrected chi connectivity index (χ4v) is 2.82. The van der Waals surface area contributed by atoms with Crippen LogP contribution >= 0.6 is 0 Å². The van der Waals surface area contributed by atoms with E-state index < -0.39 is 0 Å². The van der Waals surface area contributed by atoms with Crippen molar-refractivity contribution < 1.29 is 9.53 Å². The fourth-order valence-electron chi connectivity index (χ4n) is 2.82. The van der Waals surface area contributed by atoms with Gasteiger partial charge in [-0.05, 0) is 44.7 Å². The number of cyclic esters (lactones) is 1. The van der Waals surface area contributed by atoms with Gasteiger partial charge in [-0.25, -0.2) is 0 Å². The van der Waals surface area contributed by atoms with Crippen LogP contribution in [0.3, 0.4) is 0 Å². The second-order valence-electron chi connectivity index (χ2n) is 5.02. The van der Waals surface area contributed by atoms with Gasteiger partial charge < -0.3 is 10.1 Å². The molecule has 3 rings (SSSR count). The molecule has 0 bridgehead atoms. The summed E-state index contributed by atoms with van der Waals surface area (Å²) in [6.45, 7) is 1.96. The Labute approximate surface area is 84.2 Å². The Morgan fingerprint density at radius 2 is 2.00 bits per heavy atom. The molecule has 78 valence electrons. The Morgan fingerprint density at radius 1 is 1.29 bits per heavy atom. The Kier molecular flexibility index (Phi) is 1.84. The summed E-state index contributed by atoms with van der Waals surface area (Å²) in [5.74, 6) is 0.795. The van der Waals surface area contributed by atoms with E-state index in [1.165, 1.54) is 12.8 Å². The van der Waals surface area contributed by atoms with Crippen molar-refractivity contribution in [2.24, 2.45) is 11.3 Å². The maximum atomic E-state index is 11.8. The van der Waals surface area contributed by atoms with Gasteiger partial charge in [0.05, 0.1) is 5.41 Å². The first-order valence-corrected chi connectivity index (χ1v) is 5.72. The minimum absolute atomic E-state index is 0.0934. The Hall–Kier alpha value is -0.570. The van der Waals surface area contributed by atoms with Gasteiger partial charge in [-0.15, -0.1) is 0 Å². The normalized spacial score (nSPS) is 36.0. The van der Waals surface area contributed by atoms with Crippen LogP contribution in [-0.2, 0) is 9.53 Å². The minimum atomic E-state index is -0.0987. The lowest BCUT2D eigenvalue weighted by Gasteiger charge is -2.29. The molecule has 2 aliphatic heterocycles. The Bertz CT molecular complexity index is 254. The van der Waals surface area contributed by atoms with Crippen molar-refractivity contribution in [1.29, 1.82) is 0 Å². The second-order valence-corrected chi connectivity index (χ2v) is 5.02. The molecule has 0 aromatic rings. The van der Waals surface area contributed by atoms with Gasteiger partial charge in [0.2, 0.25) is 0 Å². The molecule has 0 unspecified atom stereocenters. The number of ether oxygens (including phenoxy) is 1. The number of carbonyl (C=O) groups is 1. The number of carbonyl (C=O) groups excluding carboxylic acids is 1. The highest BCUT2D eigenvalue weighted by molar-refractivity contribution is 5.79. The summed E-state index contributed by atoms with van der Waals surface area (Å²) < 4.78 is 5.51. The van der Waals surface area contributed by atoms with E-state index in [9.17, 15) is 4.79 Å². The monoisotopic (exact) mass is 195 g/mol. The largest absolute Gasteiger partial charge is 0.462 e. The Balaban J connectivity index is 1.75. The third-order valence-corrected chi connectivity index (χ3v) is 3.99. The van der Waals surface area contributed by atoms with E-state index in [0.29, 0.717) is 5.92 Å². The predicted octanol–water partition coefficient (Wildman–Crippen LogP) is 1.08. The maximum absolute atomic E-state index is 11.8. The highest BCUT2D eigenvalue weighted by atomic mass is 16.6. The summed E-state index contributed by atoms with van der Waals surface area (Å²) in [6.07, 6.45) is 5.77. The van der Waals surface area contributed by atoms with Crippen LogP contribution in [0.4, 0.5) is 0 Å². The number of esters is 1. The first-order valence-electron chi connectivity index (χ1n) is 5.72. The van der Waals surface area contributed by atoms with Crippen LogP contribution in [0.2, 0.25) is 0 Å². The molecular formula is C11H17NO2. The molecule has 2 saturated heterocycles. The van der Waals surface area contributed by atoms with E-state index in [1.807, 2.05) is 0 Å². The van der Waals surface area contributed by atoms with Gasteiger partial charge in [-0.1, -0.05) is 0 Å². The average Bonchev–Trinajstić information content (AvgIpc) is 2.98. The third-order valence-electron chi connectivity index (χ3n) is 3.99. The summed E-state index contributed by atoms with van der Waals surface area (Å²) >= 11 is 0. The van der Waals surface area contributed by atoms with Gasteiger partial charge in [0.25, 0.3) is 0 Å². The molecule has 1 aliphatic carbocycles. The number of piperidine rings is 1. The van der Waals surface area contributed by atoms with E-state index >= 15 is 0 Å². The smallest absolute Gasteiger partial charge is 0.312 e. The van der Waals surface area contributed by atoms with Gasteiger partial charge in [0.15, 0.2) is 0 Å². The predicted molar refractivity (Wildman–Crippen MR) is 51.8 cm³/mol. The molecule has 0 amide bonds. The lowest BCUT2D eigenvalue weighted by atomic mass is 9.76. The molecule has 0 radical (unpaired) electrons. The van der Waals surface area contributed by atoms with Gasteiger partial charge in [-0.2, -0.15) is 0 Å². The topological polar surface area (TPSA) is 38.3 Å². The first-order chi connectivity index (χ1) is 6.80. The molecule has 0 aromatic carbocycles. The van der Waals surface area contributed by atoms with Crippen LogP contribution in [0.1, 0.15) is 32.1 Å². The van der Waals surface area contributed by atoms with E-state index in [-0.39, 0.29) is 17.5 Å². The quantitative estimate of drug-likeness (QED) is 0.636. The SMILES string of the molecule is O=C1O[C@H](C2CC2)CC12CCNCC2. The second kappa shape index (κ2) is 2.96. The van der Waals surface area contributed by atoms with Gasteiger partial charge in [0.1, 0.15) is 6.10 Å². The van der Waals surface area contributed by atoms with Crippen LogP contribution < -0.4 is 5.32 Å². The zero-order valence-corrected chi connectivity index (χ0v) is 8.42. The zero-order valence-electron chi connectivity index (χ0n) is 8.42. The van der Waals surface area contributed by atoms with Gasteiger partial charge in [0, 0.05) is 6.42 Å². The molecule has 1 atom stereocenters. The van der Waals surface area contributed by atoms with Crippen molar-refractivity contribution >= 4 is 5.97 Å². The molecule has 14 heavy (non-hydrogen) atoms. The lowest BCUT2D eigenvalue weighted by Crippen LogP contribution is -2.39. The lowest BCUT2D eigenvalue weighted by molar-refractivity contribution is -0.150. The summed E-state index contributed by atoms with van der Waals surface area (Å²) in [4.78, 5) is 11.8. The van der Waals surface area contributed by atoms with E-state index in [2.05, 4.69) is 5.32 Å². The fraction of sp³-hybridized carbons (Fsp3) is 0.909. The van der Waals surface area contributed by atoms with Crippen LogP contribution in [-0.4, -0.2) is 25.2 Å². The van der Waals surface area contributed by atoms with Crippen molar-refractivity contribution in [3.63, 3.8) is 0 Å². The molecule has 0 aromatic heterocycles.